The smallest absolute Gasteiger partial charge is 0.222 e. The lowest BCUT2D eigenvalue weighted by molar-refractivity contribution is -0.128. The summed E-state index contributed by atoms with van der Waals surface area (Å²) in [5, 5.41) is 17.3. The van der Waals surface area contributed by atoms with E-state index >= 15 is 0 Å². The van der Waals surface area contributed by atoms with E-state index in [0.29, 0.717) is 38.6 Å². The zero-order valence-corrected chi connectivity index (χ0v) is 21.6. The summed E-state index contributed by atoms with van der Waals surface area (Å²) in [6, 6.07) is 8.28. The fourth-order valence-corrected chi connectivity index (χ4v) is 3.92. The first kappa shape index (κ1) is 26.8. The third-order valence-corrected chi connectivity index (χ3v) is 5.64. The second-order valence-electron chi connectivity index (χ2n) is 8.67. The predicted molar refractivity (Wildman–Crippen MR) is 137 cm³/mol. The molecule has 3 rings (SSSR count). The number of aliphatic hydroxyl groups is 1. The standard InChI is InChI=1S/C23H37N5O3.HI/c1-3-24-22(26-17-23(2,30)18-27-11-13-31-14-12-27)25-15-19-6-8-20(9-7-19)16-28-10-4-5-21(28)29;/h6-9,30H,3-5,10-18H2,1-2H3,(H2,24,25,26);1H. The molecular formula is C23H38IN5O3. The summed E-state index contributed by atoms with van der Waals surface area (Å²) >= 11 is 0. The quantitative estimate of drug-likeness (QED) is 0.242. The Hall–Kier alpha value is -1.43. The van der Waals surface area contributed by atoms with Crippen LogP contribution in [0.3, 0.4) is 0 Å². The maximum absolute atomic E-state index is 11.8. The molecule has 0 aromatic heterocycles. The predicted octanol–water partition coefficient (Wildman–Crippen LogP) is 1.57. The zero-order valence-electron chi connectivity index (χ0n) is 19.3. The Morgan fingerprint density at radius 3 is 2.47 bits per heavy atom. The molecule has 2 aliphatic rings. The SMILES string of the molecule is CCNC(=NCc1ccc(CN2CCCC2=O)cc1)NCC(C)(O)CN1CCOCC1.I. The minimum atomic E-state index is -0.859. The molecule has 9 heteroatoms. The first-order valence-electron chi connectivity index (χ1n) is 11.4. The van der Waals surface area contributed by atoms with Crippen LogP contribution < -0.4 is 10.6 Å². The third-order valence-electron chi connectivity index (χ3n) is 5.64. The molecule has 1 aromatic carbocycles. The molecular weight excluding hydrogens is 521 g/mol. The number of β-amino-alcohol motifs (C(OH)–C–C–N with tert-alkyl or cyclic N) is 1. The van der Waals surface area contributed by atoms with Crippen molar-refractivity contribution in [2.45, 2.75) is 45.4 Å². The minimum absolute atomic E-state index is 0. The maximum atomic E-state index is 11.8. The van der Waals surface area contributed by atoms with Crippen molar-refractivity contribution in [1.82, 2.24) is 20.4 Å². The van der Waals surface area contributed by atoms with Gasteiger partial charge in [-0.15, -0.1) is 24.0 Å². The largest absolute Gasteiger partial charge is 0.387 e. The van der Waals surface area contributed by atoms with Crippen LogP contribution in [0.2, 0.25) is 0 Å². The van der Waals surface area contributed by atoms with Crippen LogP contribution in [0.5, 0.6) is 0 Å². The molecule has 0 spiro atoms. The van der Waals surface area contributed by atoms with Gasteiger partial charge in [0.2, 0.25) is 5.91 Å². The van der Waals surface area contributed by atoms with E-state index in [4.69, 9.17) is 4.74 Å². The van der Waals surface area contributed by atoms with Crippen molar-refractivity contribution in [3.63, 3.8) is 0 Å². The van der Waals surface area contributed by atoms with Crippen molar-refractivity contribution in [2.24, 2.45) is 4.99 Å². The number of aliphatic imine (C=N–C) groups is 1. The van der Waals surface area contributed by atoms with Gasteiger partial charge >= 0.3 is 0 Å². The molecule has 2 aliphatic heterocycles. The van der Waals surface area contributed by atoms with Gasteiger partial charge in [-0.1, -0.05) is 24.3 Å². The van der Waals surface area contributed by atoms with Crippen LogP contribution in [0, 0.1) is 0 Å². The fourth-order valence-electron chi connectivity index (χ4n) is 3.92. The van der Waals surface area contributed by atoms with E-state index in [1.54, 1.807) is 0 Å². The lowest BCUT2D eigenvalue weighted by Gasteiger charge is -2.34. The van der Waals surface area contributed by atoms with E-state index in [-0.39, 0.29) is 29.9 Å². The van der Waals surface area contributed by atoms with Gasteiger partial charge in [0.15, 0.2) is 5.96 Å². The molecule has 0 bridgehead atoms. The van der Waals surface area contributed by atoms with Gasteiger partial charge in [-0.3, -0.25) is 9.69 Å². The molecule has 1 amide bonds. The average Bonchev–Trinajstić information content (AvgIpc) is 3.16. The number of amides is 1. The molecule has 3 N–H and O–H groups in total. The molecule has 0 saturated carbocycles. The molecule has 0 radical (unpaired) electrons. The number of nitrogens with zero attached hydrogens (tertiary/aromatic N) is 3. The Morgan fingerprint density at radius 2 is 1.84 bits per heavy atom. The Kier molecular flexibility index (Phi) is 11.2. The van der Waals surface area contributed by atoms with Crippen molar-refractivity contribution in [1.29, 1.82) is 0 Å². The highest BCUT2D eigenvalue weighted by atomic mass is 127. The summed E-state index contributed by atoms with van der Waals surface area (Å²) in [5.41, 5.74) is 1.39. The first-order valence-corrected chi connectivity index (χ1v) is 11.4. The number of ether oxygens (including phenoxy) is 1. The van der Waals surface area contributed by atoms with Gasteiger partial charge in [0.25, 0.3) is 0 Å². The molecule has 180 valence electrons. The van der Waals surface area contributed by atoms with E-state index < -0.39 is 5.60 Å². The molecule has 2 saturated heterocycles. The van der Waals surface area contributed by atoms with E-state index in [9.17, 15) is 9.90 Å². The molecule has 32 heavy (non-hydrogen) atoms. The van der Waals surface area contributed by atoms with Crippen molar-refractivity contribution in [3.05, 3.63) is 35.4 Å². The van der Waals surface area contributed by atoms with Crippen LogP contribution in [0.1, 0.15) is 37.8 Å². The number of halogens is 1. The van der Waals surface area contributed by atoms with Gasteiger partial charge in [-0.2, -0.15) is 0 Å². The fraction of sp³-hybridized carbons (Fsp3) is 0.652. The average molecular weight is 559 g/mol. The van der Waals surface area contributed by atoms with Gasteiger partial charge in [0, 0.05) is 52.2 Å². The third kappa shape index (κ3) is 8.84. The number of morpholine rings is 1. The topological polar surface area (TPSA) is 89.4 Å². The molecule has 2 heterocycles. The zero-order chi connectivity index (χ0) is 22.1. The Morgan fingerprint density at radius 1 is 1.16 bits per heavy atom. The second kappa shape index (κ2) is 13.3. The van der Waals surface area contributed by atoms with Crippen LogP contribution in [0.15, 0.2) is 29.3 Å². The van der Waals surface area contributed by atoms with E-state index in [1.807, 2.05) is 18.7 Å². The number of benzene rings is 1. The number of nitrogens with one attached hydrogen (secondary N) is 2. The number of carbonyl (C=O) groups is 1. The molecule has 1 atom stereocenters. The first-order chi connectivity index (χ1) is 14.9. The van der Waals surface area contributed by atoms with Gasteiger partial charge in [0.05, 0.1) is 25.4 Å². The molecule has 1 aromatic rings. The van der Waals surface area contributed by atoms with E-state index in [2.05, 4.69) is 44.8 Å². The second-order valence-corrected chi connectivity index (χ2v) is 8.67. The summed E-state index contributed by atoms with van der Waals surface area (Å²) in [5.74, 6) is 0.941. The number of carbonyl (C=O) groups excluding carboxylic acids is 1. The van der Waals surface area contributed by atoms with Gasteiger partial charge < -0.3 is 25.4 Å². The molecule has 2 fully saturated rings. The lowest BCUT2D eigenvalue weighted by Crippen LogP contribution is -2.52. The van der Waals surface area contributed by atoms with Gasteiger partial charge in [0.1, 0.15) is 0 Å². The maximum Gasteiger partial charge on any atom is 0.222 e. The normalized spacial score (nSPS) is 19.4. The molecule has 8 nitrogen and oxygen atoms in total. The summed E-state index contributed by atoms with van der Waals surface area (Å²) in [7, 11) is 0. The Balaban J connectivity index is 0.00000363. The van der Waals surface area contributed by atoms with E-state index in [1.165, 1.54) is 0 Å². The van der Waals surface area contributed by atoms with Crippen LogP contribution >= 0.6 is 24.0 Å². The lowest BCUT2D eigenvalue weighted by atomic mass is 10.1. The molecule has 0 aliphatic carbocycles. The number of likely N-dealkylation sites (tertiary alicyclic amines) is 1. The highest BCUT2D eigenvalue weighted by molar-refractivity contribution is 14.0. The summed E-state index contributed by atoms with van der Waals surface area (Å²) in [4.78, 5) is 20.6. The number of hydrogen-bond acceptors (Lipinski definition) is 5. The molecule has 1 unspecified atom stereocenters. The number of guanidine groups is 1. The van der Waals surface area contributed by atoms with Gasteiger partial charge in [-0.25, -0.2) is 4.99 Å². The van der Waals surface area contributed by atoms with Gasteiger partial charge in [-0.05, 0) is 31.4 Å². The van der Waals surface area contributed by atoms with Crippen molar-refractivity contribution >= 4 is 35.8 Å². The number of hydrogen-bond donors (Lipinski definition) is 3. The summed E-state index contributed by atoms with van der Waals surface area (Å²) in [6.45, 7) is 10.9. The summed E-state index contributed by atoms with van der Waals surface area (Å²) in [6.07, 6.45) is 1.64. The van der Waals surface area contributed by atoms with Crippen LogP contribution in [-0.4, -0.2) is 84.9 Å². The van der Waals surface area contributed by atoms with E-state index in [0.717, 1.165) is 56.9 Å². The summed E-state index contributed by atoms with van der Waals surface area (Å²) < 4.78 is 5.38. The highest BCUT2D eigenvalue weighted by Gasteiger charge is 2.25. The Bertz CT molecular complexity index is 736. The number of rotatable bonds is 9. The van der Waals surface area contributed by atoms with Crippen LogP contribution in [-0.2, 0) is 22.6 Å². The van der Waals surface area contributed by atoms with Crippen molar-refractivity contribution in [3.8, 4) is 0 Å². The van der Waals surface area contributed by atoms with Crippen LogP contribution in [0.25, 0.3) is 0 Å². The van der Waals surface area contributed by atoms with Crippen molar-refractivity contribution < 1.29 is 14.6 Å². The minimum Gasteiger partial charge on any atom is -0.387 e. The van der Waals surface area contributed by atoms with Crippen molar-refractivity contribution in [2.75, 3.05) is 52.5 Å². The highest BCUT2D eigenvalue weighted by Crippen LogP contribution is 2.15. The monoisotopic (exact) mass is 559 g/mol. The Labute approximate surface area is 208 Å². The van der Waals surface area contributed by atoms with Crippen LogP contribution in [0.4, 0.5) is 0 Å².